The van der Waals surface area contributed by atoms with Gasteiger partial charge in [0.15, 0.2) is 5.82 Å². The molecular weight excluding hydrogens is 284 g/mol. The van der Waals surface area contributed by atoms with Gasteiger partial charge in [-0.25, -0.2) is 0 Å². The molecule has 0 aromatic carbocycles. The maximum atomic E-state index is 12.0. The highest BCUT2D eigenvalue weighted by Gasteiger charge is 2.32. The summed E-state index contributed by atoms with van der Waals surface area (Å²) in [4.78, 5) is 20.1. The van der Waals surface area contributed by atoms with Crippen LogP contribution >= 0.6 is 0 Å². The molecule has 1 fully saturated rings. The van der Waals surface area contributed by atoms with Crippen LogP contribution in [0.3, 0.4) is 0 Å². The lowest BCUT2D eigenvalue weighted by Crippen LogP contribution is -2.38. The van der Waals surface area contributed by atoms with E-state index in [1.807, 2.05) is 25.9 Å². The van der Waals surface area contributed by atoms with E-state index in [9.17, 15) is 4.79 Å². The Morgan fingerprint density at radius 3 is 2.77 bits per heavy atom. The minimum Gasteiger partial charge on any atom is -0.370 e. The van der Waals surface area contributed by atoms with E-state index in [1.54, 1.807) is 4.90 Å². The van der Waals surface area contributed by atoms with Gasteiger partial charge in [0.2, 0.25) is 11.8 Å². The first-order chi connectivity index (χ1) is 10.4. The molecular formula is C15H26N4O3. The molecule has 0 spiro atoms. The van der Waals surface area contributed by atoms with Crippen molar-refractivity contribution in [2.75, 3.05) is 27.2 Å². The van der Waals surface area contributed by atoms with Crippen molar-refractivity contribution < 1.29 is 14.1 Å². The van der Waals surface area contributed by atoms with Crippen molar-refractivity contribution in [3.63, 3.8) is 0 Å². The van der Waals surface area contributed by atoms with Gasteiger partial charge in [0.1, 0.15) is 6.10 Å². The van der Waals surface area contributed by atoms with E-state index in [1.165, 1.54) is 0 Å². The Hall–Kier alpha value is -1.47. The highest BCUT2D eigenvalue weighted by molar-refractivity contribution is 5.83. The Balaban J connectivity index is 1.90. The molecule has 7 heteroatoms. The summed E-state index contributed by atoms with van der Waals surface area (Å²) in [6.07, 6.45) is 0.644. The van der Waals surface area contributed by atoms with Gasteiger partial charge in [-0.1, -0.05) is 19.0 Å². The second-order valence-corrected chi connectivity index (χ2v) is 6.40. The second-order valence-electron chi connectivity index (χ2n) is 6.40. The number of amides is 1. The largest absolute Gasteiger partial charge is 0.370 e. The fourth-order valence-electron chi connectivity index (χ4n) is 2.45. The Kier molecular flexibility index (Phi) is 5.52. The van der Waals surface area contributed by atoms with Gasteiger partial charge in [-0.15, -0.1) is 0 Å². The van der Waals surface area contributed by atoms with E-state index < -0.39 is 0 Å². The predicted octanol–water partition coefficient (Wildman–Crippen LogP) is 1.47. The van der Waals surface area contributed by atoms with Gasteiger partial charge in [-0.05, 0) is 26.3 Å². The summed E-state index contributed by atoms with van der Waals surface area (Å²) in [6.45, 7) is 8.03. The maximum absolute atomic E-state index is 12.0. The molecule has 1 aliphatic heterocycles. The van der Waals surface area contributed by atoms with Crippen molar-refractivity contribution >= 4 is 5.91 Å². The van der Waals surface area contributed by atoms with Gasteiger partial charge >= 0.3 is 0 Å². The summed E-state index contributed by atoms with van der Waals surface area (Å²) in [5, 5.41) is 3.97. The SMILES string of the molecule is CC(C)COC(C)c1noc(CN(C)C2CCN(C)C2=O)n1. The highest BCUT2D eigenvalue weighted by Crippen LogP contribution is 2.18. The first-order valence-corrected chi connectivity index (χ1v) is 7.77. The fourth-order valence-corrected chi connectivity index (χ4v) is 2.45. The molecule has 0 bridgehead atoms. The molecule has 124 valence electrons. The standard InChI is InChI=1S/C15H26N4O3/c1-10(2)9-21-11(3)14-16-13(22-17-14)8-19(5)12-6-7-18(4)15(12)20/h10-12H,6-9H2,1-5H3. The van der Waals surface area contributed by atoms with Crippen LogP contribution in [-0.2, 0) is 16.1 Å². The van der Waals surface area contributed by atoms with E-state index in [0.29, 0.717) is 30.8 Å². The number of hydrogen-bond donors (Lipinski definition) is 0. The summed E-state index contributed by atoms with van der Waals surface area (Å²) < 4.78 is 11.0. The molecule has 2 atom stereocenters. The average Bonchev–Trinajstić information content (AvgIpc) is 3.04. The number of aromatic nitrogens is 2. The number of ether oxygens (including phenoxy) is 1. The van der Waals surface area contributed by atoms with Gasteiger partial charge < -0.3 is 14.2 Å². The van der Waals surface area contributed by atoms with E-state index in [0.717, 1.165) is 13.0 Å². The van der Waals surface area contributed by atoms with Crippen LogP contribution < -0.4 is 0 Å². The first kappa shape index (κ1) is 16.9. The van der Waals surface area contributed by atoms with Crippen LogP contribution in [0.4, 0.5) is 0 Å². The summed E-state index contributed by atoms with van der Waals surface area (Å²) in [6, 6.07) is -0.102. The fraction of sp³-hybridized carbons (Fsp3) is 0.800. The average molecular weight is 310 g/mol. The number of likely N-dealkylation sites (N-methyl/N-ethyl adjacent to an activating group) is 2. The van der Waals surface area contributed by atoms with Gasteiger partial charge in [0.05, 0.1) is 12.6 Å². The number of rotatable bonds is 7. The molecule has 0 radical (unpaired) electrons. The lowest BCUT2D eigenvalue weighted by Gasteiger charge is -2.20. The summed E-state index contributed by atoms with van der Waals surface area (Å²) in [5.74, 6) is 1.68. The third-order valence-corrected chi connectivity index (χ3v) is 3.84. The van der Waals surface area contributed by atoms with Crippen LogP contribution in [0.25, 0.3) is 0 Å². The van der Waals surface area contributed by atoms with Crippen LogP contribution in [-0.4, -0.2) is 59.1 Å². The van der Waals surface area contributed by atoms with Crippen molar-refractivity contribution in [2.24, 2.45) is 5.92 Å². The van der Waals surface area contributed by atoms with Crippen LogP contribution in [0.5, 0.6) is 0 Å². The molecule has 2 heterocycles. The third-order valence-electron chi connectivity index (χ3n) is 3.84. The Morgan fingerprint density at radius 2 is 2.18 bits per heavy atom. The number of carbonyl (C=O) groups excluding carboxylic acids is 1. The van der Waals surface area contributed by atoms with Crippen LogP contribution in [0.15, 0.2) is 4.52 Å². The molecule has 1 aliphatic rings. The molecule has 1 aromatic heterocycles. The molecule has 2 unspecified atom stereocenters. The number of carbonyl (C=O) groups is 1. The Bertz CT molecular complexity index is 503. The van der Waals surface area contributed by atoms with Crippen molar-refractivity contribution in [3.8, 4) is 0 Å². The van der Waals surface area contributed by atoms with Crippen molar-refractivity contribution in [1.29, 1.82) is 0 Å². The predicted molar refractivity (Wildman–Crippen MR) is 81.0 cm³/mol. The molecule has 0 saturated carbocycles. The van der Waals surface area contributed by atoms with E-state index in [-0.39, 0.29) is 18.1 Å². The van der Waals surface area contributed by atoms with Crippen LogP contribution in [0, 0.1) is 5.92 Å². The topological polar surface area (TPSA) is 71.7 Å². The first-order valence-electron chi connectivity index (χ1n) is 7.77. The molecule has 0 aliphatic carbocycles. The van der Waals surface area contributed by atoms with Crippen molar-refractivity contribution in [1.82, 2.24) is 19.9 Å². The molecule has 1 saturated heterocycles. The van der Waals surface area contributed by atoms with E-state index in [4.69, 9.17) is 9.26 Å². The second kappa shape index (κ2) is 7.19. The number of hydrogen-bond acceptors (Lipinski definition) is 6. The quantitative estimate of drug-likeness (QED) is 0.759. The van der Waals surface area contributed by atoms with Gasteiger partial charge in [0.25, 0.3) is 0 Å². The number of likely N-dealkylation sites (tertiary alicyclic amines) is 1. The lowest BCUT2D eigenvalue weighted by molar-refractivity contribution is -0.130. The zero-order valence-electron chi connectivity index (χ0n) is 14.1. The zero-order valence-corrected chi connectivity index (χ0v) is 14.1. The molecule has 1 amide bonds. The molecule has 7 nitrogen and oxygen atoms in total. The molecule has 0 N–H and O–H groups in total. The minimum absolute atomic E-state index is 0.102. The Labute approximate surface area is 131 Å². The van der Waals surface area contributed by atoms with Gasteiger partial charge in [0, 0.05) is 20.2 Å². The van der Waals surface area contributed by atoms with Crippen molar-refractivity contribution in [2.45, 2.75) is 45.9 Å². The van der Waals surface area contributed by atoms with E-state index in [2.05, 4.69) is 24.0 Å². The molecule has 2 rings (SSSR count). The minimum atomic E-state index is -0.190. The molecule has 1 aromatic rings. The monoisotopic (exact) mass is 310 g/mol. The van der Waals surface area contributed by atoms with Crippen LogP contribution in [0.1, 0.15) is 45.0 Å². The zero-order chi connectivity index (χ0) is 16.3. The lowest BCUT2D eigenvalue weighted by atomic mass is 10.2. The number of nitrogens with zero attached hydrogens (tertiary/aromatic N) is 4. The van der Waals surface area contributed by atoms with Crippen LogP contribution in [0.2, 0.25) is 0 Å². The van der Waals surface area contributed by atoms with E-state index >= 15 is 0 Å². The van der Waals surface area contributed by atoms with Gasteiger partial charge in [-0.2, -0.15) is 4.98 Å². The smallest absolute Gasteiger partial charge is 0.240 e. The normalized spacial score (nSPS) is 20.4. The molecule has 22 heavy (non-hydrogen) atoms. The third kappa shape index (κ3) is 4.04. The summed E-state index contributed by atoms with van der Waals surface area (Å²) in [5.41, 5.74) is 0. The van der Waals surface area contributed by atoms with Crippen molar-refractivity contribution in [3.05, 3.63) is 11.7 Å². The highest BCUT2D eigenvalue weighted by atomic mass is 16.5. The van der Waals surface area contributed by atoms with Gasteiger partial charge in [-0.3, -0.25) is 9.69 Å². The Morgan fingerprint density at radius 1 is 1.45 bits per heavy atom. The summed E-state index contributed by atoms with van der Waals surface area (Å²) in [7, 11) is 3.74. The summed E-state index contributed by atoms with van der Waals surface area (Å²) >= 11 is 0. The maximum Gasteiger partial charge on any atom is 0.240 e.